The van der Waals surface area contributed by atoms with Gasteiger partial charge in [-0.2, -0.15) is 0 Å². The molecule has 3 aromatic rings. The summed E-state index contributed by atoms with van der Waals surface area (Å²) in [5.41, 5.74) is 0.636. The number of fused-ring (bicyclic) bond motifs is 1. The SMILES string of the molecule is C[C@H]1CN([C@@H](CNc2ccc3nnnn3n2)c2cccs2)CCO1. The fourth-order valence-corrected chi connectivity index (χ4v) is 3.82. The van der Waals surface area contributed by atoms with Crippen molar-refractivity contribution in [3.63, 3.8) is 0 Å². The normalized spacial score (nSPS) is 20.3. The molecule has 1 N–H and O–H groups in total. The molecular formula is C15H19N7OS. The number of anilines is 1. The Kier molecular flexibility index (Phi) is 4.37. The second kappa shape index (κ2) is 6.80. The quantitative estimate of drug-likeness (QED) is 0.750. The van der Waals surface area contributed by atoms with E-state index in [2.05, 4.69) is 55.3 Å². The summed E-state index contributed by atoms with van der Waals surface area (Å²) in [5, 5.41) is 21.2. The zero-order valence-electron chi connectivity index (χ0n) is 13.4. The van der Waals surface area contributed by atoms with Crippen LogP contribution in [0.3, 0.4) is 0 Å². The molecular weight excluding hydrogens is 326 g/mol. The lowest BCUT2D eigenvalue weighted by molar-refractivity contribution is -0.0322. The molecule has 9 heteroatoms. The maximum Gasteiger partial charge on any atom is 0.200 e. The highest BCUT2D eigenvalue weighted by molar-refractivity contribution is 7.10. The van der Waals surface area contributed by atoms with Gasteiger partial charge in [-0.3, -0.25) is 4.90 Å². The summed E-state index contributed by atoms with van der Waals surface area (Å²) in [4.78, 5) is 3.82. The summed E-state index contributed by atoms with van der Waals surface area (Å²) >= 11 is 1.78. The number of nitrogens with one attached hydrogen (secondary N) is 1. The number of tetrazole rings is 1. The van der Waals surface area contributed by atoms with Gasteiger partial charge in [0.1, 0.15) is 5.82 Å². The number of rotatable bonds is 5. The molecule has 8 nitrogen and oxygen atoms in total. The van der Waals surface area contributed by atoms with Gasteiger partial charge in [-0.1, -0.05) is 6.07 Å². The third-order valence-corrected chi connectivity index (χ3v) is 5.10. The Morgan fingerprint density at radius 1 is 1.42 bits per heavy atom. The molecule has 1 fully saturated rings. The van der Waals surface area contributed by atoms with Crippen molar-refractivity contribution in [3.05, 3.63) is 34.5 Å². The van der Waals surface area contributed by atoms with Crippen molar-refractivity contribution in [2.24, 2.45) is 0 Å². The van der Waals surface area contributed by atoms with E-state index in [0.717, 1.165) is 32.1 Å². The third-order valence-electron chi connectivity index (χ3n) is 4.13. The van der Waals surface area contributed by atoms with E-state index < -0.39 is 0 Å². The summed E-state index contributed by atoms with van der Waals surface area (Å²) in [6, 6.07) is 8.34. The zero-order valence-corrected chi connectivity index (χ0v) is 14.2. The van der Waals surface area contributed by atoms with E-state index in [1.807, 2.05) is 12.1 Å². The van der Waals surface area contributed by atoms with Gasteiger partial charge in [0.25, 0.3) is 0 Å². The average Bonchev–Trinajstić information content (AvgIpc) is 3.26. The lowest BCUT2D eigenvalue weighted by Crippen LogP contribution is -2.44. The Labute approximate surface area is 143 Å². The van der Waals surface area contributed by atoms with E-state index in [-0.39, 0.29) is 6.10 Å². The molecule has 0 aliphatic carbocycles. The van der Waals surface area contributed by atoms with Crippen LogP contribution in [0.1, 0.15) is 17.8 Å². The minimum absolute atomic E-state index is 0.261. The minimum atomic E-state index is 0.261. The van der Waals surface area contributed by atoms with Gasteiger partial charge in [-0.25, -0.2) is 0 Å². The van der Waals surface area contributed by atoms with Gasteiger partial charge in [0.05, 0.1) is 18.8 Å². The molecule has 1 saturated heterocycles. The lowest BCUT2D eigenvalue weighted by Gasteiger charge is -2.37. The molecule has 2 atom stereocenters. The molecule has 0 spiro atoms. The number of morpholine rings is 1. The van der Waals surface area contributed by atoms with Gasteiger partial charge in [0.2, 0.25) is 0 Å². The predicted molar refractivity (Wildman–Crippen MR) is 91.1 cm³/mol. The molecule has 3 aromatic heterocycles. The molecule has 4 rings (SSSR count). The second-order valence-electron chi connectivity index (χ2n) is 5.83. The first-order valence-electron chi connectivity index (χ1n) is 7.98. The average molecular weight is 345 g/mol. The highest BCUT2D eigenvalue weighted by atomic mass is 32.1. The number of hydrogen-bond donors (Lipinski definition) is 1. The monoisotopic (exact) mass is 345 g/mol. The molecule has 0 aromatic carbocycles. The number of ether oxygens (including phenoxy) is 1. The van der Waals surface area contributed by atoms with Crippen molar-refractivity contribution in [3.8, 4) is 0 Å². The number of hydrogen-bond acceptors (Lipinski definition) is 8. The van der Waals surface area contributed by atoms with Crippen molar-refractivity contribution in [2.45, 2.75) is 19.1 Å². The third kappa shape index (κ3) is 3.23. The van der Waals surface area contributed by atoms with Crippen LogP contribution in [-0.4, -0.2) is 62.5 Å². The molecule has 1 aliphatic rings. The first-order chi connectivity index (χ1) is 11.8. The largest absolute Gasteiger partial charge is 0.376 e. The van der Waals surface area contributed by atoms with Crippen LogP contribution in [0.15, 0.2) is 29.6 Å². The molecule has 0 saturated carbocycles. The fourth-order valence-electron chi connectivity index (χ4n) is 2.96. The van der Waals surface area contributed by atoms with Crippen LogP contribution in [-0.2, 0) is 4.74 Å². The highest BCUT2D eigenvalue weighted by Crippen LogP contribution is 2.27. The van der Waals surface area contributed by atoms with Gasteiger partial charge in [0, 0.05) is 24.5 Å². The molecule has 0 amide bonds. The second-order valence-corrected chi connectivity index (χ2v) is 6.81. The van der Waals surface area contributed by atoms with Crippen LogP contribution in [0.2, 0.25) is 0 Å². The summed E-state index contributed by atoms with van der Waals surface area (Å²) in [6.07, 6.45) is 0.261. The van der Waals surface area contributed by atoms with Crippen molar-refractivity contribution in [1.82, 2.24) is 30.2 Å². The Morgan fingerprint density at radius 2 is 2.38 bits per heavy atom. The smallest absolute Gasteiger partial charge is 0.200 e. The number of nitrogens with zero attached hydrogens (tertiary/aromatic N) is 6. The molecule has 1 aliphatic heterocycles. The van der Waals surface area contributed by atoms with Crippen molar-refractivity contribution < 1.29 is 4.74 Å². The molecule has 0 unspecified atom stereocenters. The van der Waals surface area contributed by atoms with Crippen LogP contribution < -0.4 is 5.32 Å². The summed E-state index contributed by atoms with van der Waals surface area (Å²) < 4.78 is 7.11. The van der Waals surface area contributed by atoms with E-state index in [4.69, 9.17) is 4.74 Å². The summed E-state index contributed by atoms with van der Waals surface area (Å²) in [5.74, 6) is 0.762. The van der Waals surface area contributed by atoms with Crippen LogP contribution in [0.5, 0.6) is 0 Å². The molecule has 0 bridgehead atoms. The van der Waals surface area contributed by atoms with E-state index >= 15 is 0 Å². The first kappa shape index (κ1) is 15.4. The van der Waals surface area contributed by atoms with Crippen molar-refractivity contribution in [1.29, 1.82) is 0 Å². The first-order valence-corrected chi connectivity index (χ1v) is 8.86. The standard InChI is InChI=1S/C15H19N7OS/c1-11-10-21(6-7-23-11)12(13-3-2-8-24-13)9-16-14-4-5-15-17-19-20-22(15)18-14/h2-5,8,11-12H,6-7,9-10H2,1H3,(H,16,18)/t11-,12-/m0/s1. The van der Waals surface area contributed by atoms with Gasteiger partial charge >= 0.3 is 0 Å². The zero-order chi connectivity index (χ0) is 16.4. The number of aromatic nitrogens is 5. The minimum Gasteiger partial charge on any atom is -0.376 e. The highest BCUT2D eigenvalue weighted by Gasteiger charge is 2.26. The van der Waals surface area contributed by atoms with Gasteiger partial charge in [0.15, 0.2) is 5.65 Å². The van der Waals surface area contributed by atoms with Crippen molar-refractivity contribution >= 4 is 22.8 Å². The van der Waals surface area contributed by atoms with Gasteiger partial charge in [-0.05, 0) is 40.9 Å². The van der Waals surface area contributed by atoms with Crippen LogP contribution in [0, 0.1) is 0 Å². The Hall–Kier alpha value is -2.10. The lowest BCUT2D eigenvalue weighted by atomic mass is 10.1. The van der Waals surface area contributed by atoms with Crippen LogP contribution in [0.4, 0.5) is 5.82 Å². The topological polar surface area (TPSA) is 80.5 Å². The molecule has 126 valence electrons. The van der Waals surface area contributed by atoms with E-state index in [0.29, 0.717) is 11.7 Å². The molecule has 4 heterocycles. The Morgan fingerprint density at radius 3 is 3.21 bits per heavy atom. The van der Waals surface area contributed by atoms with Gasteiger partial charge in [-0.15, -0.1) is 26.2 Å². The summed E-state index contributed by atoms with van der Waals surface area (Å²) in [6.45, 7) is 5.54. The summed E-state index contributed by atoms with van der Waals surface area (Å²) in [7, 11) is 0. The maximum absolute atomic E-state index is 5.68. The van der Waals surface area contributed by atoms with Crippen LogP contribution in [0.25, 0.3) is 5.65 Å². The Bertz CT molecular complexity index is 790. The van der Waals surface area contributed by atoms with E-state index in [1.165, 1.54) is 9.51 Å². The van der Waals surface area contributed by atoms with Gasteiger partial charge < -0.3 is 10.1 Å². The molecule has 24 heavy (non-hydrogen) atoms. The maximum atomic E-state index is 5.68. The van der Waals surface area contributed by atoms with E-state index in [9.17, 15) is 0 Å². The molecule has 0 radical (unpaired) electrons. The fraction of sp³-hybridized carbons (Fsp3) is 0.467. The Balaban J connectivity index is 1.51. The number of thiophene rings is 1. The van der Waals surface area contributed by atoms with E-state index in [1.54, 1.807) is 11.3 Å². The predicted octanol–water partition coefficient (Wildman–Crippen LogP) is 1.45. The van der Waals surface area contributed by atoms with Crippen LogP contribution >= 0.6 is 11.3 Å². The van der Waals surface area contributed by atoms with Crippen molar-refractivity contribution in [2.75, 3.05) is 31.6 Å².